The van der Waals surface area contributed by atoms with Crippen molar-refractivity contribution < 1.29 is 5.11 Å². The van der Waals surface area contributed by atoms with Gasteiger partial charge >= 0.3 is 0 Å². The summed E-state index contributed by atoms with van der Waals surface area (Å²) in [6, 6.07) is 14.8. The molecule has 0 bridgehead atoms. The molecule has 0 amide bonds. The van der Waals surface area contributed by atoms with Crippen LogP contribution in [0.3, 0.4) is 0 Å². The minimum absolute atomic E-state index is 0.363. The topological polar surface area (TPSA) is 20.2 Å². The van der Waals surface area contributed by atoms with E-state index >= 15 is 0 Å². The first kappa shape index (κ1) is 15.1. The number of thioether (sulfide) groups is 1. The lowest BCUT2D eigenvalue weighted by Gasteiger charge is -2.14. The third-order valence-electron chi connectivity index (χ3n) is 3.34. The van der Waals surface area contributed by atoms with Gasteiger partial charge in [0.15, 0.2) is 0 Å². The highest BCUT2D eigenvalue weighted by Crippen LogP contribution is 2.31. The van der Waals surface area contributed by atoms with Crippen LogP contribution >= 0.6 is 11.8 Å². The number of aryl methyl sites for hydroxylation is 2. The molecule has 0 aliphatic carbocycles. The standard InChI is InChI=1S/C18H22OS/c1-4-17(19)16-7-5-6-8-18(16)20-12-15-10-13(2)9-14(3)11-15/h5-11,17,19H,4,12H2,1-3H3. The predicted molar refractivity (Wildman–Crippen MR) is 87.2 cm³/mol. The smallest absolute Gasteiger partial charge is 0.0798 e. The molecule has 0 aliphatic rings. The second kappa shape index (κ2) is 6.96. The highest BCUT2D eigenvalue weighted by Gasteiger charge is 2.10. The van der Waals surface area contributed by atoms with Crippen molar-refractivity contribution in [2.45, 2.75) is 43.9 Å². The van der Waals surface area contributed by atoms with Crippen molar-refractivity contribution in [1.82, 2.24) is 0 Å². The number of aliphatic hydroxyl groups is 1. The summed E-state index contributed by atoms with van der Waals surface area (Å²) in [5, 5.41) is 10.1. The van der Waals surface area contributed by atoms with E-state index in [4.69, 9.17) is 0 Å². The highest BCUT2D eigenvalue weighted by molar-refractivity contribution is 7.98. The van der Waals surface area contributed by atoms with Gasteiger partial charge in [0.1, 0.15) is 0 Å². The molecule has 0 heterocycles. The van der Waals surface area contributed by atoms with Crippen molar-refractivity contribution in [3.8, 4) is 0 Å². The minimum atomic E-state index is -0.363. The fraction of sp³-hybridized carbons (Fsp3) is 0.333. The van der Waals surface area contributed by atoms with Gasteiger partial charge in [0.05, 0.1) is 6.10 Å². The zero-order valence-corrected chi connectivity index (χ0v) is 13.2. The van der Waals surface area contributed by atoms with E-state index in [0.717, 1.165) is 17.7 Å². The molecule has 0 saturated heterocycles. The average molecular weight is 286 g/mol. The molecule has 0 aliphatic heterocycles. The van der Waals surface area contributed by atoms with Gasteiger partial charge in [-0.25, -0.2) is 0 Å². The molecule has 1 atom stereocenters. The summed E-state index contributed by atoms with van der Waals surface area (Å²) in [5.41, 5.74) is 5.00. The normalized spacial score (nSPS) is 12.4. The number of rotatable bonds is 5. The maximum absolute atomic E-state index is 10.1. The molecule has 2 aromatic carbocycles. The number of hydrogen-bond donors (Lipinski definition) is 1. The lowest BCUT2D eigenvalue weighted by Crippen LogP contribution is -1.97. The molecule has 2 aromatic rings. The molecule has 0 spiro atoms. The fourth-order valence-electron chi connectivity index (χ4n) is 2.42. The van der Waals surface area contributed by atoms with E-state index in [9.17, 15) is 5.11 Å². The molecule has 1 nitrogen and oxygen atoms in total. The van der Waals surface area contributed by atoms with E-state index in [0.29, 0.717) is 0 Å². The molecule has 2 heteroatoms. The second-order valence-electron chi connectivity index (χ2n) is 5.25. The van der Waals surface area contributed by atoms with Gasteiger partial charge in [-0.15, -0.1) is 11.8 Å². The van der Waals surface area contributed by atoms with Crippen LogP contribution in [0.25, 0.3) is 0 Å². The first-order valence-electron chi connectivity index (χ1n) is 7.07. The Balaban J connectivity index is 2.14. The van der Waals surface area contributed by atoms with Crippen LogP contribution in [0.1, 0.15) is 41.7 Å². The van der Waals surface area contributed by atoms with Gasteiger partial charge < -0.3 is 5.11 Å². The SMILES string of the molecule is CCC(O)c1ccccc1SCc1cc(C)cc(C)c1. The van der Waals surface area contributed by atoms with Crippen LogP contribution < -0.4 is 0 Å². The summed E-state index contributed by atoms with van der Waals surface area (Å²) in [5.74, 6) is 0.940. The Bertz CT molecular complexity index is 557. The Morgan fingerprint density at radius 3 is 2.35 bits per heavy atom. The van der Waals surface area contributed by atoms with Crippen molar-refractivity contribution in [3.63, 3.8) is 0 Å². The van der Waals surface area contributed by atoms with Crippen molar-refractivity contribution in [2.75, 3.05) is 0 Å². The van der Waals surface area contributed by atoms with E-state index in [1.54, 1.807) is 11.8 Å². The van der Waals surface area contributed by atoms with Gasteiger partial charge in [-0.1, -0.05) is 54.4 Å². The third-order valence-corrected chi connectivity index (χ3v) is 4.50. The van der Waals surface area contributed by atoms with Gasteiger partial charge in [-0.3, -0.25) is 0 Å². The Labute approximate surface area is 126 Å². The third kappa shape index (κ3) is 3.87. The van der Waals surface area contributed by atoms with E-state index in [2.05, 4.69) is 38.1 Å². The average Bonchev–Trinajstić information content (AvgIpc) is 2.43. The van der Waals surface area contributed by atoms with E-state index in [1.807, 2.05) is 25.1 Å². The zero-order chi connectivity index (χ0) is 14.5. The van der Waals surface area contributed by atoms with Crippen molar-refractivity contribution >= 4 is 11.8 Å². The molecule has 0 fully saturated rings. The number of aliphatic hydroxyl groups excluding tert-OH is 1. The Hall–Kier alpha value is -1.25. The summed E-state index contributed by atoms with van der Waals surface area (Å²) in [4.78, 5) is 1.18. The molecular weight excluding hydrogens is 264 g/mol. The minimum Gasteiger partial charge on any atom is -0.388 e. The molecular formula is C18H22OS. The highest BCUT2D eigenvalue weighted by atomic mass is 32.2. The van der Waals surface area contributed by atoms with Gasteiger partial charge in [0.25, 0.3) is 0 Å². The number of hydrogen-bond acceptors (Lipinski definition) is 2. The van der Waals surface area contributed by atoms with Crippen molar-refractivity contribution in [2.24, 2.45) is 0 Å². The Kier molecular flexibility index (Phi) is 5.27. The molecule has 20 heavy (non-hydrogen) atoms. The largest absolute Gasteiger partial charge is 0.388 e. The Morgan fingerprint density at radius 1 is 1.05 bits per heavy atom. The van der Waals surface area contributed by atoms with Crippen LogP contribution in [-0.2, 0) is 5.75 Å². The molecule has 0 aromatic heterocycles. The molecule has 1 N–H and O–H groups in total. The summed E-state index contributed by atoms with van der Waals surface area (Å²) < 4.78 is 0. The monoisotopic (exact) mass is 286 g/mol. The maximum Gasteiger partial charge on any atom is 0.0798 e. The zero-order valence-electron chi connectivity index (χ0n) is 12.4. The van der Waals surface area contributed by atoms with E-state index in [-0.39, 0.29) is 6.10 Å². The van der Waals surface area contributed by atoms with Crippen LogP contribution in [0, 0.1) is 13.8 Å². The van der Waals surface area contributed by atoms with Crippen molar-refractivity contribution in [1.29, 1.82) is 0 Å². The van der Waals surface area contributed by atoms with Gasteiger partial charge in [-0.2, -0.15) is 0 Å². The lowest BCUT2D eigenvalue weighted by molar-refractivity contribution is 0.171. The summed E-state index contributed by atoms with van der Waals surface area (Å²) in [6.45, 7) is 6.28. The van der Waals surface area contributed by atoms with Crippen LogP contribution in [0.5, 0.6) is 0 Å². The van der Waals surface area contributed by atoms with Crippen molar-refractivity contribution in [3.05, 3.63) is 64.7 Å². The predicted octanol–water partition coefficient (Wildman–Crippen LogP) is 5.04. The van der Waals surface area contributed by atoms with E-state index < -0.39 is 0 Å². The van der Waals surface area contributed by atoms with Gasteiger partial charge in [-0.05, 0) is 37.5 Å². The number of benzene rings is 2. The van der Waals surface area contributed by atoms with Crippen LogP contribution in [-0.4, -0.2) is 5.11 Å². The summed E-state index contributed by atoms with van der Waals surface area (Å²) in [6.07, 6.45) is 0.388. The molecule has 0 saturated carbocycles. The fourth-order valence-corrected chi connectivity index (χ4v) is 3.45. The Morgan fingerprint density at radius 2 is 1.70 bits per heavy atom. The molecule has 106 valence electrons. The van der Waals surface area contributed by atoms with Gasteiger partial charge in [0, 0.05) is 10.6 Å². The maximum atomic E-state index is 10.1. The van der Waals surface area contributed by atoms with Crippen LogP contribution in [0.4, 0.5) is 0 Å². The first-order valence-corrected chi connectivity index (χ1v) is 8.05. The molecule has 2 rings (SSSR count). The second-order valence-corrected chi connectivity index (χ2v) is 6.26. The van der Waals surface area contributed by atoms with Gasteiger partial charge in [0.2, 0.25) is 0 Å². The van der Waals surface area contributed by atoms with Crippen LogP contribution in [0.15, 0.2) is 47.4 Å². The first-order chi connectivity index (χ1) is 9.60. The van der Waals surface area contributed by atoms with Crippen LogP contribution in [0.2, 0.25) is 0 Å². The lowest BCUT2D eigenvalue weighted by atomic mass is 10.1. The molecule has 0 radical (unpaired) electrons. The molecule has 1 unspecified atom stereocenters. The summed E-state index contributed by atoms with van der Waals surface area (Å²) in [7, 11) is 0. The quantitative estimate of drug-likeness (QED) is 0.777. The van der Waals surface area contributed by atoms with E-state index in [1.165, 1.54) is 21.6 Å². The summed E-state index contributed by atoms with van der Waals surface area (Å²) >= 11 is 1.80.